The molecule has 0 radical (unpaired) electrons. The molecular weight excluding hydrogens is 366 g/mol. The number of para-hydroxylation sites is 1. The van der Waals surface area contributed by atoms with Crippen molar-refractivity contribution < 1.29 is 4.79 Å². The zero-order valence-electron chi connectivity index (χ0n) is 15.4. The number of rotatable bonds is 3. The van der Waals surface area contributed by atoms with Gasteiger partial charge in [-0.05, 0) is 18.6 Å². The first-order valence-corrected chi connectivity index (χ1v) is 10.1. The molecule has 28 heavy (non-hydrogen) atoms. The van der Waals surface area contributed by atoms with Gasteiger partial charge in [-0.1, -0.05) is 90.1 Å². The number of hydrogen-bond acceptors (Lipinski definition) is 4. The van der Waals surface area contributed by atoms with Crippen molar-refractivity contribution in [2.75, 3.05) is 4.90 Å². The number of hydrogen-bond donors (Lipinski definition) is 1. The third-order valence-electron chi connectivity index (χ3n) is 5.17. The van der Waals surface area contributed by atoms with Gasteiger partial charge < -0.3 is 4.90 Å². The van der Waals surface area contributed by atoms with Gasteiger partial charge >= 0.3 is 0 Å². The van der Waals surface area contributed by atoms with Crippen LogP contribution in [0.3, 0.4) is 0 Å². The van der Waals surface area contributed by atoms with Crippen LogP contribution in [-0.2, 0) is 16.2 Å². The van der Waals surface area contributed by atoms with E-state index in [9.17, 15) is 4.79 Å². The van der Waals surface area contributed by atoms with Crippen LogP contribution < -0.4 is 10.3 Å². The number of anilines is 1. The maximum absolute atomic E-state index is 13.6. The lowest BCUT2D eigenvalue weighted by molar-refractivity contribution is -0.121. The quantitative estimate of drug-likeness (QED) is 0.727. The van der Waals surface area contributed by atoms with E-state index in [2.05, 4.69) is 41.7 Å². The van der Waals surface area contributed by atoms with Gasteiger partial charge in [0.15, 0.2) is 0 Å². The minimum absolute atomic E-state index is 0.0222. The molecule has 1 amide bonds. The first kappa shape index (κ1) is 17.1. The van der Waals surface area contributed by atoms with Crippen LogP contribution in [0.25, 0.3) is 0 Å². The molecule has 1 N–H and O–H groups in total. The van der Waals surface area contributed by atoms with Crippen molar-refractivity contribution in [2.45, 2.75) is 18.3 Å². The van der Waals surface area contributed by atoms with Gasteiger partial charge in [-0.3, -0.25) is 10.2 Å². The Morgan fingerprint density at radius 3 is 2.46 bits per heavy atom. The number of thioether (sulfide) groups is 1. The second-order valence-corrected chi connectivity index (χ2v) is 8.28. The van der Waals surface area contributed by atoms with E-state index in [0.717, 1.165) is 27.4 Å². The first-order chi connectivity index (χ1) is 13.7. The molecule has 5 rings (SSSR count). The maximum atomic E-state index is 13.6. The van der Waals surface area contributed by atoms with Gasteiger partial charge in [-0.15, -0.1) is 0 Å². The molecule has 4 nitrogen and oxygen atoms in total. The molecule has 3 aromatic rings. The van der Waals surface area contributed by atoms with Crippen molar-refractivity contribution in [3.63, 3.8) is 0 Å². The van der Waals surface area contributed by atoms with Crippen molar-refractivity contribution in [1.82, 2.24) is 5.43 Å². The monoisotopic (exact) mass is 385 g/mol. The standard InChI is InChI=1S/C23H19N3OS/c1-16-11-13-17(14-12-16)15-26-20-10-6-5-9-19(20)23(22(26)27)25-24-21(28-23)18-7-3-2-4-8-18/h2-14,25H,15H2,1H3. The van der Waals surface area contributed by atoms with E-state index < -0.39 is 4.87 Å². The van der Waals surface area contributed by atoms with Gasteiger partial charge in [0.1, 0.15) is 5.04 Å². The van der Waals surface area contributed by atoms with Crippen LogP contribution in [-0.4, -0.2) is 11.0 Å². The molecule has 0 bridgehead atoms. The van der Waals surface area contributed by atoms with Crippen LogP contribution in [0.2, 0.25) is 0 Å². The second-order valence-electron chi connectivity index (χ2n) is 7.07. The lowest BCUT2D eigenvalue weighted by atomic mass is 10.1. The molecule has 0 aromatic heterocycles. The number of nitrogens with one attached hydrogen (secondary N) is 1. The van der Waals surface area contributed by atoms with E-state index in [1.807, 2.05) is 59.5 Å². The number of amides is 1. The average molecular weight is 385 g/mol. The average Bonchev–Trinajstić information content (AvgIpc) is 3.28. The lowest BCUT2D eigenvalue weighted by Gasteiger charge is -2.23. The molecule has 0 saturated carbocycles. The summed E-state index contributed by atoms with van der Waals surface area (Å²) in [5, 5.41) is 5.36. The summed E-state index contributed by atoms with van der Waals surface area (Å²) in [7, 11) is 0. The van der Waals surface area contributed by atoms with Crippen LogP contribution in [0.5, 0.6) is 0 Å². The predicted molar refractivity (Wildman–Crippen MR) is 114 cm³/mol. The molecule has 2 heterocycles. The molecule has 0 fully saturated rings. The smallest absolute Gasteiger partial charge is 0.270 e. The number of benzene rings is 3. The minimum Gasteiger partial charge on any atom is -0.304 e. The van der Waals surface area contributed by atoms with E-state index in [-0.39, 0.29) is 5.91 Å². The Kier molecular flexibility index (Phi) is 3.98. The summed E-state index contributed by atoms with van der Waals surface area (Å²) in [4.78, 5) is 14.6. The van der Waals surface area contributed by atoms with Gasteiger partial charge in [0.05, 0.1) is 12.2 Å². The largest absolute Gasteiger partial charge is 0.304 e. The van der Waals surface area contributed by atoms with Crippen LogP contribution >= 0.6 is 11.8 Å². The molecule has 2 aliphatic rings. The summed E-state index contributed by atoms with van der Waals surface area (Å²) >= 11 is 1.49. The Morgan fingerprint density at radius 2 is 1.68 bits per heavy atom. The van der Waals surface area contributed by atoms with Crippen LogP contribution in [0.4, 0.5) is 5.69 Å². The Bertz CT molecular complexity index is 1080. The van der Waals surface area contributed by atoms with Crippen molar-refractivity contribution in [3.05, 3.63) is 101 Å². The molecule has 138 valence electrons. The van der Waals surface area contributed by atoms with E-state index in [1.165, 1.54) is 17.3 Å². The fraction of sp³-hybridized carbons (Fsp3) is 0.130. The van der Waals surface area contributed by atoms with Crippen molar-refractivity contribution >= 4 is 28.4 Å². The second kappa shape index (κ2) is 6.53. The number of aryl methyl sites for hydroxylation is 1. The highest BCUT2D eigenvalue weighted by Gasteiger charge is 2.55. The zero-order valence-corrected chi connectivity index (χ0v) is 16.2. The SMILES string of the molecule is Cc1ccc(CN2C(=O)C3(NN=C(c4ccccc4)S3)c3ccccc32)cc1. The highest BCUT2D eigenvalue weighted by molar-refractivity contribution is 8.16. The van der Waals surface area contributed by atoms with Gasteiger partial charge in [-0.25, -0.2) is 0 Å². The maximum Gasteiger partial charge on any atom is 0.270 e. The fourth-order valence-corrected chi connectivity index (χ4v) is 4.89. The number of fused-ring (bicyclic) bond motifs is 2. The Hall–Kier alpha value is -3.05. The van der Waals surface area contributed by atoms with Gasteiger partial charge in [0.2, 0.25) is 4.87 Å². The molecule has 2 aliphatic heterocycles. The fourth-order valence-electron chi connectivity index (χ4n) is 3.69. The molecule has 1 atom stereocenters. The summed E-state index contributed by atoms with van der Waals surface area (Å²) in [6, 6.07) is 26.3. The summed E-state index contributed by atoms with van der Waals surface area (Å²) in [5.74, 6) is 0.0222. The number of nitrogens with zero attached hydrogens (tertiary/aromatic N) is 2. The molecule has 0 saturated heterocycles. The Balaban J connectivity index is 1.51. The third kappa shape index (κ3) is 2.62. The summed E-state index contributed by atoms with van der Waals surface area (Å²) < 4.78 is 0. The normalized spacial score (nSPS) is 20.2. The van der Waals surface area contributed by atoms with Gasteiger partial charge in [0.25, 0.3) is 5.91 Å². The van der Waals surface area contributed by atoms with Gasteiger partial charge in [-0.2, -0.15) is 5.10 Å². The van der Waals surface area contributed by atoms with Crippen LogP contribution in [0.1, 0.15) is 22.3 Å². The Labute approximate surface area is 168 Å². The number of carbonyl (C=O) groups excluding carboxylic acids is 1. The Morgan fingerprint density at radius 1 is 0.964 bits per heavy atom. The zero-order chi connectivity index (χ0) is 19.1. The van der Waals surface area contributed by atoms with Crippen molar-refractivity contribution in [3.8, 4) is 0 Å². The van der Waals surface area contributed by atoms with E-state index >= 15 is 0 Å². The molecule has 1 spiro atoms. The van der Waals surface area contributed by atoms with Gasteiger partial charge in [0, 0.05) is 11.1 Å². The van der Waals surface area contributed by atoms with E-state index in [0.29, 0.717) is 6.54 Å². The van der Waals surface area contributed by atoms with Crippen molar-refractivity contribution in [2.24, 2.45) is 5.10 Å². The first-order valence-electron chi connectivity index (χ1n) is 9.24. The summed E-state index contributed by atoms with van der Waals surface area (Å²) in [5.41, 5.74) is 8.41. The van der Waals surface area contributed by atoms with Crippen LogP contribution in [0, 0.1) is 6.92 Å². The highest BCUT2D eigenvalue weighted by Crippen LogP contribution is 2.50. The molecule has 0 aliphatic carbocycles. The topological polar surface area (TPSA) is 44.7 Å². The van der Waals surface area contributed by atoms with Crippen LogP contribution in [0.15, 0.2) is 84.0 Å². The lowest BCUT2D eigenvalue weighted by Crippen LogP contribution is -2.44. The predicted octanol–water partition coefficient (Wildman–Crippen LogP) is 4.39. The molecule has 1 unspecified atom stereocenters. The summed E-state index contributed by atoms with van der Waals surface area (Å²) in [6.45, 7) is 2.61. The molecule has 5 heteroatoms. The number of hydrazone groups is 1. The van der Waals surface area contributed by atoms with E-state index in [1.54, 1.807) is 0 Å². The molecular formula is C23H19N3OS. The molecule has 3 aromatic carbocycles. The number of carbonyl (C=O) groups is 1. The van der Waals surface area contributed by atoms with E-state index in [4.69, 9.17) is 0 Å². The highest BCUT2D eigenvalue weighted by atomic mass is 32.2. The van der Waals surface area contributed by atoms with Crippen molar-refractivity contribution in [1.29, 1.82) is 0 Å². The summed E-state index contributed by atoms with van der Waals surface area (Å²) in [6.07, 6.45) is 0. The third-order valence-corrected chi connectivity index (χ3v) is 6.48. The minimum atomic E-state index is -0.896.